The molecule has 0 aliphatic heterocycles. The zero-order valence-corrected chi connectivity index (χ0v) is 15.0. The Morgan fingerprint density at radius 1 is 1.48 bits per heavy atom. The van der Waals surface area contributed by atoms with E-state index in [1.54, 1.807) is 11.2 Å². The molecule has 1 aromatic heterocycles. The van der Waals surface area contributed by atoms with Crippen molar-refractivity contribution in [3.05, 3.63) is 22.6 Å². The van der Waals surface area contributed by atoms with E-state index in [1.807, 2.05) is 40.7 Å². The Kier molecular flexibility index (Phi) is 6.74. The summed E-state index contributed by atoms with van der Waals surface area (Å²) in [6.45, 7) is 11.5. The van der Waals surface area contributed by atoms with E-state index in [1.165, 1.54) is 0 Å². The van der Waals surface area contributed by atoms with Gasteiger partial charge in [-0.1, -0.05) is 0 Å². The summed E-state index contributed by atoms with van der Waals surface area (Å²) < 4.78 is 11.7. The summed E-state index contributed by atoms with van der Waals surface area (Å²) in [6, 6.07) is 1.95. The summed E-state index contributed by atoms with van der Waals surface area (Å²) in [5, 5.41) is 3.26. The molecule has 21 heavy (non-hydrogen) atoms. The van der Waals surface area contributed by atoms with Crippen molar-refractivity contribution < 1.29 is 13.9 Å². The fraction of sp³-hybridized carbons (Fsp3) is 0.667. The van der Waals surface area contributed by atoms with Crippen molar-refractivity contribution >= 4 is 22.0 Å². The van der Waals surface area contributed by atoms with E-state index in [0.717, 1.165) is 10.2 Å². The minimum atomic E-state index is -0.476. The van der Waals surface area contributed by atoms with Crippen LogP contribution in [0, 0.1) is 0 Å². The minimum Gasteiger partial charge on any atom is -0.467 e. The SMILES string of the molecule is CC(C)N(CCNCc1occc1Br)C(=O)OC(C)(C)C. The van der Waals surface area contributed by atoms with Crippen molar-refractivity contribution in [2.45, 2.75) is 52.8 Å². The smallest absolute Gasteiger partial charge is 0.410 e. The van der Waals surface area contributed by atoms with E-state index in [2.05, 4.69) is 21.2 Å². The normalized spacial score (nSPS) is 11.8. The lowest BCUT2D eigenvalue weighted by molar-refractivity contribution is 0.0193. The van der Waals surface area contributed by atoms with E-state index in [4.69, 9.17) is 9.15 Å². The zero-order valence-electron chi connectivity index (χ0n) is 13.4. The number of hydrogen-bond donors (Lipinski definition) is 1. The number of furan rings is 1. The molecule has 0 spiro atoms. The first kappa shape index (κ1) is 18.0. The number of rotatable bonds is 6. The third kappa shape index (κ3) is 6.52. The molecule has 0 radical (unpaired) electrons. The summed E-state index contributed by atoms with van der Waals surface area (Å²) in [6.07, 6.45) is 1.36. The van der Waals surface area contributed by atoms with Gasteiger partial charge in [-0.2, -0.15) is 0 Å². The number of carbonyl (C=O) groups excluding carboxylic acids is 1. The average Bonchev–Trinajstić information content (AvgIpc) is 2.71. The monoisotopic (exact) mass is 360 g/mol. The van der Waals surface area contributed by atoms with Crippen molar-refractivity contribution in [2.75, 3.05) is 13.1 Å². The minimum absolute atomic E-state index is 0.0944. The maximum atomic E-state index is 12.1. The lowest BCUT2D eigenvalue weighted by atomic mass is 10.2. The second-order valence-electron chi connectivity index (χ2n) is 6.14. The summed E-state index contributed by atoms with van der Waals surface area (Å²) >= 11 is 3.41. The Labute approximate surface area is 135 Å². The molecule has 0 unspecified atom stereocenters. The molecule has 0 saturated heterocycles. The first-order valence-corrected chi connectivity index (χ1v) is 7.92. The molecule has 1 aromatic rings. The molecular formula is C15H25BrN2O3. The van der Waals surface area contributed by atoms with E-state index in [9.17, 15) is 4.79 Å². The molecule has 1 N–H and O–H groups in total. The Balaban J connectivity index is 2.41. The van der Waals surface area contributed by atoms with Gasteiger partial charge >= 0.3 is 6.09 Å². The van der Waals surface area contributed by atoms with Gasteiger partial charge in [0.25, 0.3) is 0 Å². The highest BCUT2D eigenvalue weighted by Crippen LogP contribution is 2.17. The molecule has 0 bridgehead atoms. The first-order chi connectivity index (χ1) is 9.70. The largest absolute Gasteiger partial charge is 0.467 e. The van der Waals surface area contributed by atoms with Crippen LogP contribution in [0.3, 0.4) is 0 Å². The molecule has 0 aromatic carbocycles. The van der Waals surface area contributed by atoms with Crippen molar-refractivity contribution in [3.8, 4) is 0 Å². The van der Waals surface area contributed by atoms with Gasteiger partial charge in [0.2, 0.25) is 0 Å². The lowest BCUT2D eigenvalue weighted by Crippen LogP contribution is -2.44. The highest BCUT2D eigenvalue weighted by atomic mass is 79.9. The number of halogens is 1. The van der Waals surface area contributed by atoms with Gasteiger partial charge < -0.3 is 19.4 Å². The predicted octanol–water partition coefficient (Wildman–Crippen LogP) is 3.78. The maximum Gasteiger partial charge on any atom is 0.410 e. The van der Waals surface area contributed by atoms with Gasteiger partial charge in [-0.25, -0.2) is 4.79 Å². The van der Waals surface area contributed by atoms with Crippen LogP contribution in [0.5, 0.6) is 0 Å². The Morgan fingerprint density at radius 3 is 2.62 bits per heavy atom. The first-order valence-electron chi connectivity index (χ1n) is 7.13. The maximum absolute atomic E-state index is 12.1. The third-order valence-electron chi connectivity index (χ3n) is 2.76. The summed E-state index contributed by atoms with van der Waals surface area (Å²) in [5.41, 5.74) is -0.476. The predicted molar refractivity (Wildman–Crippen MR) is 86.2 cm³/mol. The second-order valence-corrected chi connectivity index (χ2v) is 6.99. The van der Waals surface area contributed by atoms with Crippen LogP contribution in [-0.2, 0) is 11.3 Å². The van der Waals surface area contributed by atoms with E-state index < -0.39 is 5.60 Å². The molecule has 0 saturated carbocycles. The fourth-order valence-corrected chi connectivity index (χ4v) is 2.08. The van der Waals surface area contributed by atoms with E-state index in [-0.39, 0.29) is 12.1 Å². The summed E-state index contributed by atoms with van der Waals surface area (Å²) in [7, 11) is 0. The standard InChI is InChI=1S/C15H25BrN2O3/c1-11(2)18(14(19)21-15(3,4)5)8-7-17-10-13-12(16)6-9-20-13/h6,9,11,17H,7-8,10H2,1-5H3. The van der Waals surface area contributed by atoms with Crippen molar-refractivity contribution in [3.63, 3.8) is 0 Å². The zero-order chi connectivity index (χ0) is 16.0. The second kappa shape index (κ2) is 7.84. The number of nitrogens with zero attached hydrogens (tertiary/aromatic N) is 1. The van der Waals surface area contributed by atoms with E-state index in [0.29, 0.717) is 19.6 Å². The van der Waals surface area contributed by atoms with E-state index >= 15 is 0 Å². The quantitative estimate of drug-likeness (QED) is 0.784. The molecular weight excluding hydrogens is 336 g/mol. The lowest BCUT2D eigenvalue weighted by Gasteiger charge is -2.30. The fourth-order valence-electron chi connectivity index (χ4n) is 1.73. The molecule has 1 rings (SSSR count). The van der Waals surface area contributed by atoms with Crippen LogP contribution < -0.4 is 5.32 Å². The summed E-state index contributed by atoms with van der Waals surface area (Å²) in [4.78, 5) is 13.8. The Bertz CT molecular complexity index is 452. The van der Waals surface area contributed by atoms with Gasteiger partial charge in [0, 0.05) is 19.1 Å². The van der Waals surface area contributed by atoms with Crippen molar-refractivity contribution in [2.24, 2.45) is 0 Å². The molecule has 0 aliphatic carbocycles. The van der Waals surface area contributed by atoms with Gasteiger partial charge in [0.05, 0.1) is 17.3 Å². The molecule has 1 heterocycles. The van der Waals surface area contributed by atoms with Gasteiger partial charge in [0.15, 0.2) is 0 Å². The van der Waals surface area contributed by atoms with Crippen molar-refractivity contribution in [1.29, 1.82) is 0 Å². The van der Waals surface area contributed by atoms with Crippen LogP contribution in [-0.4, -0.2) is 35.7 Å². The highest BCUT2D eigenvalue weighted by Gasteiger charge is 2.23. The molecule has 120 valence electrons. The Hall–Kier alpha value is -1.01. The molecule has 0 fully saturated rings. The van der Waals surface area contributed by atoms with Gasteiger partial charge in [-0.3, -0.25) is 0 Å². The van der Waals surface area contributed by atoms with Crippen LogP contribution in [0.25, 0.3) is 0 Å². The number of nitrogens with one attached hydrogen (secondary N) is 1. The topological polar surface area (TPSA) is 54.7 Å². The number of amides is 1. The summed E-state index contributed by atoms with van der Waals surface area (Å²) in [5.74, 6) is 0.850. The number of ether oxygens (including phenoxy) is 1. The molecule has 1 amide bonds. The van der Waals surface area contributed by atoms with Gasteiger partial charge in [-0.15, -0.1) is 0 Å². The van der Waals surface area contributed by atoms with Crippen LogP contribution in [0.4, 0.5) is 4.79 Å². The van der Waals surface area contributed by atoms with Crippen molar-refractivity contribution in [1.82, 2.24) is 10.2 Å². The Morgan fingerprint density at radius 2 is 2.14 bits per heavy atom. The number of carbonyl (C=O) groups is 1. The van der Waals surface area contributed by atoms with Crippen LogP contribution in [0.2, 0.25) is 0 Å². The third-order valence-corrected chi connectivity index (χ3v) is 3.46. The average molecular weight is 361 g/mol. The van der Waals surface area contributed by atoms with Crippen LogP contribution in [0.15, 0.2) is 21.2 Å². The molecule has 5 nitrogen and oxygen atoms in total. The van der Waals surface area contributed by atoms with Gasteiger partial charge in [0.1, 0.15) is 11.4 Å². The number of hydrogen-bond acceptors (Lipinski definition) is 4. The molecule has 6 heteroatoms. The van der Waals surface area contributed by atoms with Crippen LogP contribution in [0.1, 0.15) is 40.4 Å². The highest BCUT2D eigenvalue weighted by molar-refractivity contribution is 9.10. The van der Waals surface area contributed by atoms with Gasteiger partial charge in [-0.05, 0) is 56.6 Å². The molecule has 0 aliphatic rings. The van der Waals surface area contributed by atoms with Crippen LogP contribution >= 0.6 is 15.9 Å². The molecule has 0 atom stereocenters.